The molecule has 2 fully saturated rings. The van der Waals surface area contributed by atoms with Gasteiger partial charge in [0.1, 0.15) is 0 Å². The number of carbonyl (C=O) groups excluding carboxylic acids is 1. The molecule has 0 radical (unpaired) electrons. The summed E-state index contributed by atoms with van der Waals surface area (Å²) < 4.78 is 24.3. The van der Waals surface area contributed by atoms with Gasteiger partial charge < -0.3 is 18.6 Å². The highest BCUT2D eigenvalue weighted by atomic mass is 28.4. The zero-order valence-electron chi connectivity index (χ0n) is 18.6. The number of esters is 1. The van der Waals surface area contributed by atoms with Crippen molar-refractivity contribution < 1.29 is 23.4 Å². The Balaban J connectivity index is 1.92. The number of hydrogen-bond acceptors (Lipinski definition) is 5. The van der Waals surface area contributed by atoms with Gasteiger partial charge in [-0.3, -0.25) is 4.79 Å². The van der Waals surface area contributed by atoms with E-state index in [1.54, 1.807) is 0 Å². The molecule has 1 spiro atoms. The second-order valence-electron chi connectivity index (χ2n) is 9.62. The molecule has 1 saturated carbocycles. The number of methoxy groups -OCH3 is 1. The van der Waals surface area contributed by atoms with Crippen LogP contribution in [0.5, 0.6) is 0 Å². The highest BCUT2D eigenvalue weighted by molar-refractivity contribution is 6.77. The van der Waals surface area contributed by atoms with Crippen LogP contribution in [0, 0.1) is 17.8 Å². The maximum absolute atomic E-state index is 12.5. The van der Waals surface area contributed by atoms with Crippen LogP contribution in [-0.4, -0.2) is 40.4 Å². The van der Waals surface area contributed by atoms with Crippen molar-refractivity contribution in [3.63, 3.8) is 0 Å². The summed E-state index contributed by atoms with van der Waals surface area (Å²) in [7, 11) is -0.547. The van der Waals surface area contributed by atoms with Crippen molar-refractivity contribution >= 4 is 14.3 Å². The first-order chi connectivity index (χ1) is 13.2. The lowest BCUT2D eigenvalue weighted by atomic mass is 9.70. The normalized spacial score (nSPS) is 29.5. The maximum Gasteiger partial charge on any atom is 0.308 e. The van der Waals surface area contributed by atoms with Crippen molar-refractivity contribution in [2.24, 2.45) is 17.8 Å². The smallest absolute Gasteiger partial charge is 0.308 e. The van der Waals surface area contributed by atoms with Crippen molar-refractivity contribution in [3.05, 3.63) is 11.8 Å². The van der Waals surface area contributed by atoms with Gasteiger partial charge in [0.2, 0.25) is 0 Å². The summed E-state index contributed by atoms with van der Waals surface area (Å²) in [6, 6.07) is 0. The van der Waals surface area contributed by atoms with Crippen LogP contribution in [0.4, 0.5) is 0 Å². The van der Waals surface area contributed by atoms with Crippen molar-refractivity contribution in [1.82, 2.24) is 0 Å². The third-order valence-electron chi connectivity index (χ3n) is 7.39. The maximum atomic E-state index is 12.5. The topological polar surface area (TPSA) is 54.0 Å². The predicted molar refractivity (Wildman–Crippen MR) is 111 cm³/mol. The molecule has 0 aromatic carbocycles. The molecule has 2 aliphatic carbocycles. The fraction of sp³-hybridized carbons (Fsp3) is 0.864. The Labute approximate surface area is 171 Å². The summed E-state index contributed by atoms with van der Waals surface area (Å²) in [6.07, 6.45) is 4.49. The molecule has 0 unspecified atom stereocenters. The van der Waals surface area contributed by atoms with Crippen LogP contribution in [0.15, 0.2) is 11.8 Å². The zero-order chi connectivity index (χ0) is 20.7. The number of carbonyl (C=O) groups is 1. The first kappa shape index (κ1) is 21.8. The lowest BCUT2D eigenvalue weighted by Gasteiger charge is -2.43. The number of ether oxygens (including phenoxy) is 3. The molecular weight excluding hydrogens is 372 g/mol. The van der Waals surface area contributed by atoms with Gasteiger partial charge in [0.15, 0.2) is 5.79 Å². The van der Waals surface area contributed by atoms with Gasteiger partial charge >= 0.3 is 5.97 Å². The lowest BCUT2D eigenvalue weighted by Crippen LogP contribution is -2.49. The monoisotopic (exact) mass is 410 g/mol. The minimum Gasteiger partial charge on any atom is -0.546 e. The van der Waals surface area contributed by atoms with Crippen LogP contribution in [0.2, 0.25) is 16.6 Å². The van der Waals surface area contributed by atoms with Crippen molar-refractivity contribution in [1.29, 1.82) is 0 Å². The molecule has 28 heavy (non-hydrogen) atoms. The molecule has 3 rings (SSSR count). The Bertz CT molecular complexity index is 584. The molecule has 3 aliphatic rings. The van der Waals surface area contributed by atoms with E-state index in [0.717, 1.165) is 25.0 Å². The third kappa shape index (κ3) is 3.45. The average Bonchev–Trinajstić information content (AvgIpc) is 3.26. The van der Waals surface area contributed by atoms with E-state index >= 15 is 0 Å². The number of fused-ring (bicyclic) bond motifs is 2. The third-order valence-corrected chi connectivity index (χ3v) is 13.4. The van der Waals surface area contributed by atoms with Crippen LogP contribution >= 0.6 is 0 Å². The Kier molecular flexibility index (Phi) is 6.33. The van der Waals surface area contributed by atoms with Gasteiger partial charge in [-0.2, -0.15) is 0 Å². The highest BCUT2D eigenvalue weighted by Gasteiger charge is 2.57. The molecule has 1 heterocycles. The second kappa shape index (κ2) is 8.11. The molecule has 160 valence electrons. The molecule has 6 heteroatoms. The van der Waals surface area contributed by atoms with Gasteiger partial charge in [-0.1, -0.05) is 41.5 Å². The molecule has 1 aliphatic heterocycles. The summed E-state index contributed by atoms with van der Waals surface area (Å²) in [5, 5.41) is 0. The van der Waals surface area contributed by atoms with Gasteiger partial charge in [-0.15, -0.1) is 0 Å². The van der Waals surface area contributed by atoms with Crippen LogP contribution in [0.25, 0.3) is 0 Å². The van der Waals surface area contributed by atoms with E-state index in [2.05, 4.69) is 47.6 Å². The number of allylic oxidation sites excluding steroid dienone is 1. The number of hydrogen-bond donors (Lipinski definition) is 0. The summed E-state index contributed by atoms with van der Waals surface area (Å²) in [4.78, 5) is 12.5. The Morgan fingerprint density at radius 3 is 2.18 bits per heavy atom. The molecule has 5 nitrogen and oxygen atoms in total. The van der Waals surface area contributed by atoms with E-state index in [1.165, 1.54) is 7.11 Å². The van der Waals surface area contributed by atoms with Crippen LogP contribution in [-0.2, 0) is 23.4 Å². The fourth-order valence-corrected chi connectivity index (χ4v) is 11.6. The Hall–Kier alpha value is -0.853. The van der Waals surface area contributed by atoms with Gasteiger partial charge in [-0.25, -0.2) is 0 Å². The summed E-state index contributed by atoms with van der Waals surface area (Å²) in [5.74, 6) is 0.426. The first-order valence-corrected chi connectivity index (χ1v) is 13.1. The number of rotatable bonds is 6. The van der Waals surface area contributed by atoms with E-state index in [0.29, 0.717) is 29.8 Å². The zero-order valence-corrected chi connectivity index (χ0v) is 19.6. The molecule has 3 atom stereocenters. The van der Waals surface area contributed by atoms with E-state index in [-0.39, 0.29) is 23.7 Å². The van der Waals surface area contributed by atoms with Crippen LogP contribution in [0.3, 0.4) is 0 Å². The second-order valence-corrected chi connectivity index (χ2v) is 15.0. The van der Waals surface area contributed by atoms with E-state index < -0.39 is 14.1 Å². The van der Waals surface area contributed by atoms with Crippen molar-refractivity contribution in [2.45, 2.75) is 83.2 Å². The van der Waals surface area contributed by atoms with Gasteiger partial charge in [-0.05, 0) is 35.0 Å². The summed E-state index contributed by atoms with van der Waals surface area (Å²) >= 11 is 0. The molecule has 1 saturated heterocycles. The SMILES string of the molecule is COC(=O)[C@@H]1CCC2(OCCO2)[C@H]2C=C(O[Si](C(C)C)(C(C)C)C(C)C)C[C@@H]12. The van der Waals surface area contributed by atoms with Crippen LogP contribution < -0.4 is 0 Å². The largest absolute Gasteiger partial charge is 0.546 e. The van der Waals surface area contributed by atoms with E-state index in [9.17, 15) is 4.79 Å². The quantitative estimate of drug-likeness (QED) is 0.454. The van der Waals surface area contributed by atoms with Crippen molar-refractivity contribution in [2.75, 3.05) is 20.3 Å². The predicted octanol–water partition coefficient (Wildman–Crippen LogP) is 5.02. The lowest BCUT2D eigenvalue weighted by molar-refractivity contribution is -0.221. The molecule has 0 aromatic rings. The molecule has 0 aromatic heterocycles. The highest BCUT2D eigenvalue weighted by Crippen LogP contribution is 2.54. The minimum atomic E-state index is -2.03. The van der Waals surface area contributed by atoms with Crippen LogP contribution in [0.1, 0.15) is 60.8 Å². The van der Waals surface area contributed by atoms with E-state index in [4.69, 9.17) is 18.6 Å². The van der Waals surface area contributed by atoms with Gasteiger partial charge in [0.05, 0.1) is 32.0 Å². The van der Waals surface area contributed by atoms with Gasteiger partial charge in [0.25, 0.3) is 8.32 Å². The first-order valence-electron chi connectivity index (χ1n) is 10.9. The molecule has 0 bridgehead atoms. The summed E-state index contributed by atoms with van der Waals surface area (Å²) in [6.45, 7) is 15.1. The van der Waals surface area contributed by atoms with Crippen molar-refractivity contribution in [3.8, 4) is 0 Å². The molecule has 0 N–H and O–H groups in total. The molecular formula is C22H38O5Si. The standard InChI is InChI=1S/C22H38O5Si/c1-14(2)28(15(3)4,16(5)6)27-17-12-19-18(21(23)24-7)8-9-22(20(19)13-17)25-10-11-26-22/h13-16,18-20H,8-12H2,1-7H3/t18-,19+,20+/m1/s1. The van der Waals surface area contributed by atoms with Gasteiger partial charge in [0, 0.05) is 18.8 Å². The molecule has 0 amide bonds. The summed E-state index contributed by atoms with van der Waals surface area (Å²) in [5.41, 5.74) is 1.54. The average molecular weight is 411 g/mol. The Morgan fingerprint density at radius 2 is 1.68 bits per heavy atom. The minimum absolute atomic E-state index is 0.0565. The fourth-order valence-electron chi connectivity index (χ4n) is 6.24. The Morgan fingerprint density at radius 1 is 1.11 bits per heavy atom. The van der Waals surface area contributed by atoms with E-state index in [1.807, 2.05) is 0 Å².